The first-order valence-electron chi connectivity index (χ1n) is 13.6. The molecule has 1 aliphatic heterocycles. The maximum atomic E-state index is 14.0. The Bertz CT molecular complexity index is 1630. The second kappa shape index (κ2) is 12.2. The first-order chi connectivity index (χ1) is 19.6. The fourth-order valence-corrected chi connectivity index (χ4v) is 5.00. The molecule has 0 radical (unpaired) electrons. The summed E-state index contributed by atoms with van der Waals surface area (Å²) in [6, 6.07) is 15.7. The van der Waals surface area contributed by atoms with Crippen molar-refractivity contribution in [1.29, 1.82) is 0 Å². The van der Waals surface area contributed by atoms with E-state index in [0.717, 1.165) is 65.4 Å². The molecule has 0 spiro atoms. The molecule has 1 fully saturated rings. The summed E-state index contributed by atoms with van der Waals surface area (Å²) in [7, 11) is 2.01. The van der Waals surface area contributed by atoms with E-state index in [9.17, 15) is 18.0 Å². The number of rotatable bonds is 6. The zero-order chi connectivity index (χ0) is 29.0. The van der Waals surface area contributed by atoms with E-state index in [1.165, 1.54) is 12.4 Å². The van der Waals surface area contributed by atoms with Crippen LogP contribution < -0.4 is 0 Å². The summed E-state index contributed by atoms with van der Waals surface area (Å²) in [5, 5.41) is 0.932. The Morgan fingerprint density at radius 2 is 1.66 bits per heavy atom. The molecule has 0 saturated carbocycles. The first-order valence-corrected chi connectivity index (χ1v) is 13.6. The number of nitrogens with zero attached hydrogens (tertiary/aromatic N) is 4. The Morgan fingerprint density at radius 3 is 2.41 bits per heavy atom. The summed E-state index contributed by atoms with van der Waals surface area (Å²) in [5.41, 5.74) is 4.13. The molecule has 41 heavy (non-hydrogen) atoms. The predicted molar refractivity (Wildman–Crippen MR) is 153 cm³/mol. The molecule has 0 bridgehead atoms. The van der Waals surface area contributed by atoms with Gasteiger partial charge in [0.15, 0.2) is 0 Å². The second-order valence-corrected chi connectivity index (χ2v) is 10.7. The summed E-state index contributed by atoms with van der Waals surface area (Å²) in [6.07, 6.45) is -1.18. The van der Waals surface area contributed by atoms with Crippen molar-refractivity contribution in [2.24, 2.45) is 0 Å². The maximum absolute atomic E-state index is 14.0. The van der Waals surface area contributed by atoms with Crippen LogP contribution in [-0.4, -0.2) is 58.8 Å². The molecule has 2 heterocycles. The number of hydrogen-bond donors (Lipinski definition) is 0. The van der Waals surface area contributed by atoms with E-state index in [4.69, 9.17) is 0 Å². The standard InChI is InChI=1S/C33H31F3N4O/c1-23-3-4-25(15-27(23)8-5-24-6-9-28-20-37-22-38-32(28)19-24)16-30(41)17-26-7-10-29(31(18-26)33(34,35)36)21-40-13-11-39(2)12-14-40/h3-4,6-7,9-10,15,18-20,22H,11-14,16-17,21H2,1-2H3. The van der Waals surface area contributed by atoms with Gasteiger partial charge in [-0.1, -0.05) is 42.2 Å². The lowest BCUT2D eigenvalue weighted by Gasteiger charge is -2.33. The average molecular weight is 557 g/mol. The van der Waals surface area contributed by atoms with Gasteiger partial charge in [0, 0.05) is 68.3 Å². The van der Waals surface area contributed by atoms with Crippen LogP contribution in [0.3, 0.4) is 0 Å². The number of carbonyl (C=O) groups is 1. The minimum absolute atomic E-state index is 0.0638. The van der Waals surface area contributed by atoms with Crippen molar-refractivity contribution in [3.8, 4) is 11.8 Å². The first kappa shape index (κ1) is 28.5. The van der Waals surface area contributed by atoms with Crippen molar-refractivity contribution in [2.45, 2.75) is 32.5 Å². The SMILES string of the molecule is Cc1ccc(CC(=O)Cc2ccc(CN3CCN(C)CC3)c(C(F)(F)F)c2)cc1C#Cc1ccc2cncnc2c1. The molecule has 1 aliphatic rings. The molecule has 5 nitrogen and oxygen atoms in total. The molecule has 0 unspecified atom stereocenters. The van der Waals surface area contributed by atoms with E-state index in [1.54, 1.807) is 12.3 Å². The zero-order valence-electron chi connectivity index (χ0n) is 23.1. The van der Waals surface area contributed by atoms with Gasteiger partial charge in [-0.05, 0) is 60.5 Å². The van der Waals surface area contributed by atoms with Crippen LogP contribution in [0.15, 0.2) is 67.1 Å². The van der Waals surface area contributed by atoms with Crippen LogP contribution in [-0.2, 0) is 30.4 Å². The average Bonchev–Trinajstić information content (AvgIpc) is 2.94. The van der Waals surface area contributed by atoms with Gasteiger partial charge < -0.3 is 4.90 Å². The number of fused-ring (bicyclic) bond motifs is 1. The van der Waals surface area contributed by atoms with Gasteiger partial charge in [-0.2, -0.15) is 13.2 Å². The smallest absolute Gasteiger partial charge is 0.304 e. The van der Waals surface area contributed by atoms with Crippen LogP contribution in [0, 0.1) is 18.8 Å². The van der Waals surface area contributed by atoms with Gasteiger partial charge in [0.2, 0.25) is 0 Å². The van der Waals surface area contributed by atoms with Gasteiger partial charge in [-0.3, -0.25) is 9.69 Å². The highest BCUT2D eigenvalue weighted by molar-refractivity contribution is 5.83. The van der Waals surface area contributed by atoms with Crippen LogP contribution in [0.5, 0.6) is 0 Å². The van der Waals surface area contributed by atoms with Crippen molar-refractivity contribution in [3.05, 3.63) is 106 Å². The van der Waals surface area contributed by atoms with Gasteiger partial charge >= 0.3 is 6.18 Å². The largest absolute Gasteiger partial charge is 0.416 e. The molecule has 0 amide bonds. The zero-order valence-corrected chi connectivity index (χ0v) is 23.1. The number of alkyl halides is 3. The highest BCUT2D eigenvalue weighted by atomic mass is 19.4. The number of piperazine rings is 1. The quantitative estimate of drug-likeness (QED) is 0.296. The van der Waals surface area contributed by atoms with E-state index in [2.05, 4.69) is 26.7 Å². The maximum Gasteiger partial charge on any atom is 0.416 e. The number of aryl methyl sites for hydroxylation is 1. The molecular formula is C33H31F3N4O. The number of carbonyl (C=O) groups excluding carboxylic acids is 1. The molecular weight excluding hydrogens is 525 g/mol. The van der Waals surface area contributed by atoms with Gasteiger partial charge in [0.05, 0.1) is 11.1 Å². The summed E-state index contributed by atoms with van der Waals surface area (Å²) >= 11 is 0. The summed E-state index contributed by atoms with van der Waals surface area (Å²) < 4.78 is 41.9. The van der Waals surface area contributed by atoms with Gasteiger partial charge in [-0.15, -0.1) is 0 Å². The fourth-order valence-electron chi connectivity index (χ4n) is 5.00. The number of aromatic nitrogens is 2. The fraction of sp³-hybridized carbons (Fsp3) is 0.303. The molecule has 3 aromatic carbocycles. The predicted octanol–water partition coefficient (Wildman–Crippen LogP) is 5.46. The Morgan fingerprint density at radius 1 is 0.927 bits per heavy atom. The number of Topliss-reactive ketones (excluding diaryl/α,β-unsaturated/α-hetero) is 1. The van der Waals surface area contributed by atoms with Gasteiger partial charge in [0.25, 0.3) is 0 Å². The normalized spacial score (nSPS) is 14.6. The van der Waals surface area contributed by atoms with E-state index in [1.807, 2.05) is 55.3 Å². The number of likely N-dealkylation sites (N-methyl/N-ethyl adjacent to an activating group) is 1. The van der Waals surface area contributed by atoms with Gasteiger partial charge in [0.1, 0.15) is 12.1 Å². The summed E-state index contributed by atoms with van der Waals surface area (Å²) in [6.45, 7) is 5.32. The number of halogens is 3. The third-order valence-electron chi connectivity index (χ3n) is 7.42. The summed E-state index contributed by atoms with van der Waals surface area (Å²) in [5.74, 6) is 6.20. The molecule has 8 heteroatoms. The van der Waals surface area contributed by atoms with Crippen LogP contribution in [0.2, 0.25) is 0 Å². The minimum atomic E-state index is -4.48. The van der Waals surface area contributed by atoms with Crippen LogP contribution >= 0.6 is 0 Å². The van der Waals surface area contributed by atoms with Crippen molar-refractivity contribution >= 4 is 16.7 Å². The molecule has 0 N–H and O–H groups in total. The van der Waals surface area contributed by atoms with E-state index in [0.29, 0.717) is 5.56 Å². The van der Waals surface area contributed by atoms with E-state index < -0.39 is 11.7 Å². The van der Waals surface area contributed by atoms with Crippen LogP contribution in [0.1, 0.15) is 38.9 Å². The van der Waals surface area contributed by atoms with E-state index >= 15 is 0 Å². The van der Waals surface area contributed by atoms with Crippen molar-refractivity contribution in [2.75, 3.05) is 33.2 Å². The Kier molecular flexibility index (Phi) is 8.48. The molecule has 4 aromatic rings. The van der Waals surface area contributed by atoms with Gasteiger partial charge in [-0.25, -0.2) is 9.97 Å². The molecule has 1 saturated heterocycles. The van der Waals surface area contributed by atoms with Crippen molar-refractivity contribution in [3.63, 3.8) is 0 Å². The third kappa shape index (κ3) is 7.37. The lowest BCUT2D eigenvalue weighted by Crippen LogP contribution is -2.44. The highest BCUT2D eigenvalue weighted by Gasteiger charge is 2.34. The third-order valence-corrected chi connectivity index (χ3v) is 7.42. The monoisotopic (exact) mass is 556 g/mol. The molecule has 0 atom stereocenters. The molecule has 5 rings (SSSR count). The number of benzene rings is 3. The second-order valence-electron chi connectivity index (χ2n) is 10.7. The minimum Gasteiger partial charge on any atom is -0.304 e. The van der Waals surface area contributed by atoms with Crippen molar-refractivity contribution in [1.82, 2.24) is 19.8 Å². The molecule has 210 valence electrons. The van der Waals surface area contributed by atoms with E-state index in [-0.39, 0.29) is 30.7 Å². The molecule has 1 aromatic heterocycles. The summed E-state index contributed by atoms with van der Waals surface area (Å²) in [4.78, 5) is 25.4. The topological polar surface area (TPSA) is 49.3 Å². The Labute approximate surface area is 238 Å². The number of ketones is 1. The lowest BCUT2D eigenvalue weighted by atomic mass is 9.96. The van der Waals surface area contributed by atoms with Crippen LogP contribution in [0.4, 0.5) is 13.2 Å². The highest BCUT2D eigenvalue weighted by Crippen LogP contribution is 2.33. The van der Waals surface area contributed by atoms with Crippen molar-refractivity contribution < 1.29 is 18.0 Å². The Hall–Kier alpha value is -4.06. The molecule has 0 aliphatic carbocycles. The lowest BCUT2D eigenvalue weighted by molar-refractivity contribution is -0.138. The number of hydrogen-bond acceptors (Lipinski definition) is 5. The Balaban J connectivity index is 1.28. The van der Waals surface area contributed by atoms with Crippen LogP contribution in [0.25, 0.3) is 10.9 Å².